The molecule has 1 aromatic carbocycles. The van der Waals surface area contributed by atoms with Crippen molar-refractivity contribution in [2.75, 3.05) is 10.6 Å². The first-order valence-electron chi connectivity index (χ1n) is 7.65. The van der Waals surface area contributed by atoms with Gasteiger partial charge in [-0.05, 0) is 65.2 Å². The number of pyridine rings is 1. The average molecular weight is 415 g/mol. The van der Waals surface area contributed by atoms with Crippen molar-refractivity contribution in [3.05, 3.63) is 68.6 Å². The number of hydrogen-bond acceptors (Lipinski definition) is 7. The van der Waals surface area contributed by atoms with E-state index in [1.165, 1.54) is 6.33 Å². The molecule has 0 atom stereocenters. The molecule has 2 heterocycles. The zero-order valence-corrected chi connectivity index (χ0v) is 15.6. The molecule has 0 amide bonds. The minimum absolute atomic E-state index is 0.0618. The lowest BCUT2D eigenvalue weighted by atomic mass is 10.1. The van der Waals surface area contributed by atoms with Gasteiger partial charge in [0.15, 0.2) is 0 Å². The molecule has 0 aliphatic rings. The Bertz CT molecular complexity index is 942. The number of rotatable bonds is 5. The Kier molecular flexibility index (Phi) is 5.08. The Labute approximate surface area is 158 Å². The van der Waals surface area contributed by atoms with E-state index >= 15 is 0 Å². The number of halogens is 1. The highest BCUT2D eigenvalue weighted by Crippen LogP contribution is 2.33. The van der Waals surface area contributed by atoms with E-state index in [2.05, 4.69) is 41.5 Å². The molecule has 0 bridgehead atoms. The van der Waals surface area contributed by atoms with Crippen molar-refractivity contribution in [2.24, 2.45) is 0 Å². The Balaban J connectivity index is 1.98. The summed E-state index contributed by atoms with van der Waals surface area (Å²) in [6.07, 6.45) is 2.85. The molecule has 3 rings (SSSR count). The van der Waals surface area contributed by atoms with Gasteiger partial charge in [0.25, 0.3) is 0 Å². The second-order valence-corrected chi connectivity index (χ2v) is 6.58. The van der Waals surface area contributed by atoms with Gasteiger partial charge in [0.1, 0.15) is 12.1 Å². The fourth-order valence-electron chi connectivity index (χ4n) is 2.49. The van der Waals surface area contributed by atoms with Crippen LogP contribution in [0.3, 0.4) is 0 Å². The first-order chi connectivity index (χ1) is 12.4. The van der Waals surface area contributed by atoms with Crippen molar-refractivity contribution in [3.8, 4) is 0 Å². The second-order valence-electron chi connectivity index (χ2n) is 5.66. The van der Waals surface area contributed by atoms with E-state index in [0.29, 0.717) is 5.82 Å². The Morgan fingerprint density at radius 2 is 1.65 bits per heavy atom. The van der Waals surface area contributed by atoms with E-state index in [1.807, 2.05) is 32.0 Å². The van der Waals surface area contributed by atoms with Gasteiger partial charge in [-0.25, -0.2) is 15.0 Å². The van der Waals surface area contributed by atoms with Gasteiger partial charge < -0.3 is 10.6 Å². The molecule has 0 saturated carbocycles. The summed E-state index contributed by atoms with van der Waals surface area (Å²) in [5.41, 5.74) is 2.55. The summed E-state index contributed by atoms with van der Waals surface area (Å²) in [6.45, 7) is 3.91. The van der Waals surface area contributed by atoms with Crippen molar-refractivity contribution in [3.63, 3.8) is 0 Å². The summed E-state index contributed by atoms with van der Waals surface area (Å²) in [7, 11) is 0. The fourth-order valence-corrected chi connectivity index (χ4v) is 2.72. The molecule has 0 aliphatic heterocycles. The van der Waals surface area contributed by atoms with Crippen LogP contribution in [0, 0.1) is 24.0 Å². The van der Waals surface area contributed by atoms with Crippen LogP contribution in [-0.4, -0.2) is 19.9 Å². The number of anilines is 4. The van der Waals surface area contributed by atoms with Gasteiger partial charge in [0.05, 0.1) is 4.92 Å². The molecule has 8 nitrogen and oxygen atoms in total. The van der Waals surface area contributed by atoms with E-state index in [-0.39, 0.29) is 17.3 Å². The lowest BCUT2D eigenvalue weighted by Crippen LogP contribution is -2.06. The van der Waals surface area contributed by atoms with Crippen LogP contribution in [0.25, 0.3) is 0 Å². The highest BCUT2D eigenvalue weighted by atomic mass is 79.9. The summed E-state index contributed by atoms with van der Waals surface area (Å²) in [5.74, 6) is 0.605. The first-order valence-corrected chi connectivity index (χ1v) is 8.45. The lowest BCUT2D eigenvalue weighted by molar-refractivity contribution is -0.383. The number of hydrogen-bond donors (Lipinski definition) is 2. The van der Waals surface area contributed by atoms with Crippen molar-refractivity contribution in [2.45, 2.75) is 13.8 Å². The van der Waals surface area contributed by atoms with Crippen LogP contribution in [0.5, 0.6) is 0 Å². The maximum Gasteiger partial charge on any atom is 0.353 e. The zero-order chi connectivity index (χ0) is 18.7. The quantitative estimate of drug-likeness (QED) is 0.462. The SMILES string of the molecule is Cc1cc(C)cc(Nc2ncnc(Nc3ccc(Br)cn3)c2[N+](=O)[O-])c1. The topological polar surface area (TPSA) is 106 Å². The molecular weight excluding hydrogens is 400 g/mol. The third-order valence-corrected chi connectivity index (χ3v) is 3.93. The van der Waals surface area contributed by atoms with E-state index in [0.717, 1.165) is 21.3 Å². The Morgan fingerprint density at radius 1 is 1.00 bits per heavy atom. The molecule has 132 valence electrons. The number of aryl methyl sites for hydroxylation is 2. The van der Waals surface area contributed by atoms with Crippen LogP contribution < -0.4 is 10.6 Å². The van der Waals surface area contributed by atoms with Crippen LogP contribution >= 0.6 is 15.9 Å². The van der Waals surface area contributed by atoms with E-state index < -0.39 is 4.92 Å². The summed E-state index contributed by atoms with van der Waals surface area (Å²) in [6, 6.07) is 9.26. The van der Waals surface area contributed by atoms with Gasteiger partial charge in [0, 0.05) is 16.4 Å². The third-order valence-electron chi connectivity index (χ3n) is 3.46. The lowest BCUT2D eigenvalue weighted by Gasteiger charge is -2.11. The van der Waals surface area contributed by atoms with Crippen molar-refractivity contribution in [1.29, 1.82) is 0 Å². The van der Waals surface area contributed by atoms with Gasteiger partial charge in [-0.2, -0.15) is 0 Å². The number of nitrogens with one attached hydrogen (secondary N) is 2. The van der Waals surface area contributed by atoms with Crippen LogP contribution in [0.4, 0.5) is 28.8 Å². The largest absolute Gasteiger partial charge is 0.353 e. The first kappa shape index (κ1) is 17.7. The summed E-state index contributed by atoms with van der Waals surface area (Å²) < 4.78 is 0.803. The fraction of sp³-hybridized carbons (Fsp3) is 0.118. The zero-order valence-electron chi connectivity index (χ0n) is 14.0. The molecule has 2 N–H and O–H groups in total. The van der Waals surface area contributed by atoms with Gasteiger partial charge in [0.2, 0.25) is 11.6 Å². The molecule has 0 fully saturated rings. The van der Waals surface area contributed by atoms with Crippen molar-refractivity contribution in [1.82, 2.24) is 15.0 Å². The number of nitro groups is 1. The summed E-state index contributed by atoms with van der Waals surface area (Å²) >= 11 is 3.29. The molecule has 26 heavy (non-hydrogen) atoms. The van der Waals surface area contributed by atoms with Crippen molar-refractivity contribution >= 4 is 44.8 Å². The minimum atomic E-state index is -0.522. The summed E-state index contributed by atoms with van der Waals surface area (Å²) in [5, 5.41) is 17.5. The molecular formula is C17H15BrN6O2. The second kappa shape index (κ2) is 7.44. The van der Waals surface area contributed by atoms with Gasteiger partial charge in [-0.1, -0.05) is 6.07 Å². The van der Waals surface area contributed by atoms with Gasteiger partial charge >= 0.3 is 5.69 Å². The predicted molar refractivity (Wildman–Crippen MR) is 103 cm³/mol. The Hall–Kier alpha value is -3.07. The maximum atomic E-state index is 11.6. The van der Waals surface area contributed by atoms with E-state index in [9.17, 15) is 10.1 Å². The third kappa shape index (κ3) is 4.12. The average Bonchev–Trinajstić information content (AvgIpc) is 2.56. The molecule has 3 aromatic rings. The van der Waals surface area contributed by atoms with Crippen LogP contribution in [0.2, 0.25) is 0 Å². The standard InChI is InChI=1S/C17H15BrN6O2/c1-10-5-11(2)7-13(6-10)22-16-15(24(25)26)17(21-9-20-16)23-14-4-3-12(18)8-19-14/h3-9H,1-2H3,(H2,19,20,21,22,23). The highest BCUT2D eigenvalue weighted by molar-refractivity contribution is 9.10. The summed E-state index contributed by atoms with van der Waals surface area (Å²) in [4.78, 5) is 23.3. The number of nitrogens with zero attached hydrogens (tertiary/aromatic N) is 4. The predicted octanol–water partition coefficient (Wildman–Crippen LogP) is 4.65. The number of benzene rings is 1. The number of aromatic nitrogens is 3. The van der Waals surface area contributed by atoms with Crippen molar-refractivity contribution < 1.29 is 4.92 Å². The molecule has 0 saturated heterocycles. The van der Waals surface area contributed by atoms with Crippen LogP contribution in [-0.2, 0) is 0 Å². The minimum Gasteiger partial charge on any atom is -0.334 e. The molecule has 0 spiro atoms. The molecule has 0 radical (unpaired) electrons. The molecule has 2 aromatic heterocycles. The van der Waals surface area contributed by atoms with Gasteiger partial charge in [-0.3, -0.25) is 10.1 Å². The van der Waals surface area contributed by atoms with Crippen LogP contribution in [0.15, 0.2) is 47.3 Å². The van der Waals surface area contributed by atoms with E-state index in [4.69, 9.17) is 0 Å². The monoisotopic (exact) mass is 414 g/mol. The molecule has 9 heteroatoms. The normalized spacial score (nSPS) is 10.4. The Morgan fingerprint density at radius 3 is 2.23 bits per heavy atom. The molecule has 0 unspecified atom stereocenters. The highest BCUT2D eigenvalue weighted by Gasteiger charge is 2.23. The van der Waals surface area contributed by atoms with Crippen LogP contribution in [0.1, 0.15) is 11.1 Å². The molecule has 0 aliphatic carbocycles. The van der Waals surface area contributed by atoms with Gasteiger partial charge in [-0.15, -0.1) is 0 Å². The maximum absolute atomic E-state index is 11.6. The smallest absolute Gasteiger partial charge is 0.334 e. The van der Waals surface area contributed by atoms with E-state index in [1.54, 1.807) is 18.3 Å².